The summed E-state index contributed by atoms with van der Waals surface area (Å²) in [5, 5.41) is 9.17. The van der Waals surface area contributed by atoms with Crippen molar-refractivity contribution in [3.8, 4) is 10.6 Å². The van der Waals surface area contributed by atoms with E-state index in [0.717, 1.165) is 36.5 Å². The van der Waals surface area contributed by atoms with E-state index in [0.29, 0.717) is 16.9 Å². The van der Waals surface area contributed by atoms with Crippen LogP contribution in [-0.2, 0) is 7.05 Å². The van der Waals surface area contributed by atoms with Gasteiger partial charge in [0.05, 0.1) is 10.4 Å². The standard InChI is InChI=1S/C19H19FN4OS/c1-23-12-16(18(22-23)17-5-4-8-26-17)19(25)21-14-9-13(20)10-15(11-14)24-6-2-3-7-24/h4-5,8-12H,2-3,6-7H2,1H3,(H,21,25). The first kappa shape index (κ1) is 16.8. The van der Waals surface area contributed by atoms with E-state index < -0.39 is 0 Å². The summed E-state index contributed by atoms with van der Waals surface area (Å²) in [4.78, 5) is 15.9. The molecule has 134 valence electrons. The van der Waals surface area contributed by atoms with Crippen molar-refractivity contribution in [2.45, 2.75) is 12.8 Å². The Balaban J connectivity index is 1.61. The number of aryl methyl sites for hydroxylation is 1. The average Bonchev–Trinajstić information content (AvgIpc) is 3.35. The molecule has 1 aromatic carbocycles. The molecule has 0 atom stereocenters. The van der Waals surface area contributed by atoms with Crippen molar-refractivity contribution in [3.05, 3.63) is 53.3 Å². The molecule has 1 aliphatic heterocycles. The van der Waals surface area contributed by atoms with Crippen molar-refractivity contribution >= 4 is 28.6 Å². The highest BCUT2D eigenvalue weighted by atomic mass is 32.1. The molecule has 1 saturated heterocycles. The van der Waals surface area contributed by atoms with Gasteiger partial charge in [0.25, 0.3) is 5.91 Å². The van der Waals surface area contributed by atoms with Gasteiger partial charge in [-0.25, -0.2) is 4.39 Å². The van der Waals surface area contributed by atoms with Gasteiger partial charge in [0.2, 0.25) is 0 Å². The van der Waals surface area contributed by atoms with Crippen molar-refractivity contribution < 1.29 is 9.18 Å². The van der Waals surface area contributed by atoms with Gasteiger partial charge in [0.1, 0.15) is 11.5 Å². The van der Waals surface area contributed by atoms with Crippen LogP contribution in [0.2, 0.25) is 0 Å². The number of rotatable bonds is 4. The first-order valence-electron chi connectivity index (χ1n) is 8.54. The predicted molar refractivity (Wildman–Crippen MR) is 102 cm³/mol. The quantitative estimate of drug-likeness (QED) is 0.751. The Morgan fingerprint density at radius 3 is 2.81 bits per heavy atom. The molecule has 4 rings (SSSR count). The molecule has 2 aromatic heterocycles. The lowest BCUT2D eigenvalue weighted by Crippen LogP contribution is -2.18. The lowest BCUT2D eigenvalue weighted by molar-refractivity contribution is 0.102. The molecule has 0 saturated carbocycles. The first-order valence-corrected chi connectivity index (χ1v) is 9.42. The minimum Gasteiger partial charge on any atom is -0.371 e. The van der Waals surface area contributed by atoms with Gasteiger partial charge in [-0.3, -0.25) is 9.48 Å². The predicted octanol–water partition coefficient (Wildman–Crippen LogP) is 4.14. The highest BCUT2D eigenvalue weighted by Crippen LogP contribution is 2.28. The molecule has 1 N–H and O–H groups in total. The topological polar surface area (TPSA) is 50.2 Å². The van der Waals surface area contributed by atoms with Crippen LogP contribution in [0.1, 0.15) is 23.2 Å². The minimum atomic E-state index is -0.352. The molecule has 0 spiro atoms. The molecule has 5 nitrogen and oxygen atoms in total. The number of thiophene rings is 1. The van der Waals surface area contributed by atoms with Crippen LogP contribution in [0.25, 0.3) is 10.6 Å². The Kier molecular flexibility index (Phi) is 4.46. The monoisotopic (exact) mass is 370 g/mol. The van der Waals surface area contributed by atoms with Gasteiger partial charge in [-0.15, -0.1) is 11.3 Å². The van der Waals surface area contributed by atoms with Crippen LogP contribution >= 0.6 is 11.3 Å². The number of carbonyl (C=O) groups excluding carboxylic acids is 1. The van der Waals surface area contributed by atoms with Crippen LogP contribution in [0.5, 0.6) is 0 Å². The number of hydrogen-bond acceptors (Lipinski definition) is 4. The molecule has 1 fully saturated rings. The fourth-order valence-corrected chi connectivity index (χ4v) is 3.98. The fraction of sp³-hybridized carbons (Fsp3) is 0.263. The number of aromatic nitrogens is 2. The third-order valence-electron chi connectivity index (χ3n) is 4.44. The van der Waals surface area contributed by atoms with Gasteiger partial charge in [0, 0.05) is 37.7 Å². The van der Waals surface area contributed by atoms with Crippen molar-refractivity contribution in [1.82, 2.24) is 9.78 Å². The van der Waals surface area contributed by atoms with E-state index in [1.54, 1.807) is 17.9 Å². The number of anilines is 2. The third kappa shape index (κ3) is 3.35. The van der Waals surface area contributed by atoms with Crippen LogP contribution in [0.3, 0.4) is 0 Å². The molecule has 0 radical (unpaired) electrons. The summed E-state index contributed by atoms with van der Waals surface area (Å²) in [5.41, 5.74) is 2.37. The van der Waals surface area contributed by atoms with E-state index in [4.69, 9.17) is 0 Å². The van der Waals surface area contributed by atoms with Crippen LogP contribution < -0.4 is 10.2 Å². The summed E-state index contributed by atoms with van der Waals surface area (Å²) in [6.45, 7) is 1.84. The van der Waals surface area contributed by atoms with E-state index in [9.17, 15) is 9.18 Å². The molecule has 0 unspecified atom stereocenters. The summed E-state index contributed by atoms with van der Waals surface area (Å²) in [6.07, 6.45) is 3.90. The van der Waals surface area contributed by atoms with E-state index in [2.05, 4.69) is 15.3 Å². The van der Waals surface area contributed by atoms with Crippen LogP contribution in [0, 0.1) is 5.82 Å². The van der Waals surface area contributed by atoms with Gasteiger partial charge in [-0.2, -0.15) is 5.10 Å². The number of hydrogen-bond donors (Lipinski definition) is 1. The number of amides is 1. The molecule has 3 heterocycles. The summed E-state index contributed by atoms with van der Waals surface area (Å²) < 4.78 is 15.7. The third-order valence-corrected chi connectivity index (χ3v) is 5.32. The number of carbonyl (C=O) groups is 1. The maximum absolute atomic E-state index is 14.0. The second kappa shape index (κ2) is 6.92. The lowest BCUT2D eigenvalue weighted by Gasteiger charge is -2.18. The van der Waals surface area contributed by atoms with Gasteiger partial charge in [-0.1, -0.05) is 6.07 Å². The SMILES string of the molecule is Cn1cc(C(=O)Nc2cc(F)cc(N3CCCC3)c2)c(-c2cccs2)n1. The fourth-order valence-electron chi connectivity index (χ4n) is 3.25. The summed E-state index contributed by atoms with van der Waals surface area (Å²) >= 11 is 1.53. The molecular weight excluding hydrogens is 351 g/mol. The first-order chi connectivity index (χ1) is 12.6. The molecule has 7 heteroatoms. The Hall–Kier alpha value is -2.67. The summed E-state index contributed by atoms with van der Waals surface area (Å²) in [5.74, 6) is -0.645. The van der Waals surface area contributed by atoms with Crippen LogP contribution in [0.15, 0.2) is 41.9 Å². The van der Waals surface area contributed by atoms with Crippen LogP contribution in [0.4, 0.5) is 15.8 Å². The molecular formula is C19H19FN4OS. The zero-order chi connectivity index (χ0) is 18.1. The molecule has 26 heavy (non-hydrogen) atoms. The number of nitrogens with one attached hydrogen (secondary N) is 1. The molecule has 3 aromatic rings. The normalized spacial score (nSPS) is 14.0. The maximum atomic E-state index is 14.0. The van der Waals surface area contributed by atoms with Crippen LogP contribution in [-0.4, -0.2) is 28.8 Å². The van der Waals surface area contributed by atoms with E-state index >= 15 is 0 Å². The van der Waals surface area contributed by atoms with E-state index in [1.165, 1.54) is 23.5 Å². The highest BCUT2D eigenvalue weighted by Gasteiger charge is 2.19. The molecule has 1 amide bonds. The molecule has 0 bridgehead atoms. The summed E-state index contributed by atoms with van der Waals surface area (Å²) in [6, 6.07) is 8.54. The largest absolute Gasteiger partial charge is 0.371 e. The average molecular weight is 370 g/mol. The Morgan fingerprint density at radius 1 is 1.27 bits per heavy atom. The van der Waals surface area contributed by atoms with Gasteiger partial charge in [-0.05, 0) is 42.5 Å². The summed E-state index contributed by atoms with van der Waals surface area (Å²) in [7, 11) is 1.78. The number of nitrogens with zero attached hydrogens (tertiary/aromatic N) is 3. The van der Waals surface area contributed by atoms with Gasteiger partial charge >= 0.3 is 0 Å². The zero-order valence-corrected chi connectivity index (χ0v) is 15.2. The number of halogens is 1. The van der Waals surface area contributed by atoms with E-state index in [1.807, 2.05) is 23.6 Å². The lowest BCUT2D eigenvalue weighted by atomic mass is 10.2. The second-order valence-corrected chi connectivity index (χ2v) is 7.34. The van der Waals surface area contributed by atoms with Gasteiger partial charge < -0.3 is 10.2 Å². The second-order valence-electron chi connectivity index (χ2n) is 6.39. The Morgan fingerprint density at radius 2 is 2.08 bits per heavy atom. The molecule has 1 aliphatic rings. The van der Waals surface area contributed by atoms with Crippen molar-refractivity contribution in [2.24, 2.45) is 7.05 Å². The van der Waals surface area contributed by atoms with Crippen molar-refractivity contribution in [1.29, 1.82) is 0 Å². The molecule has 0 aliphatic carbocycles. The van der Waals surface area contributed by atoms with E-state index in [-0.39, 0.29) is 11.7 Å². The van der Waals surface area contributed by atoms with Gasteiger partial charge in [0.15, 0.2) is 0 Å². The highest BCUT2D eigenvalue weighted by molar-refractivity contribution is 7.13. The minimum absolute atomic E-state index is 0.292. The Bertz CT molecular complexity index is 929. The van der Waals surface area contributed by atoms with Crippen molar-refractivity contribution in [3.63, 3.8) is 0 Å². The smallest absolute Gasteiger partial charge is 0.259 e. The van der Waals surface area contributed by atoms with Crippen molar-refractivity contribution in [2.75, 3.05) is 23.3 Å². The maximum Gasteiger partial charge on any atom is 0.259 e. The Labute approximate surface area is 155 Å². The zero-order valence-electron chi connectivity index (χ0n) is 14.4. The number of benzene rings is 1.